The second kappa shape index (κ2) is 10.6. The van der Waals surface area contributed by atoms with Crippen LogP contribution >= 0.6 is 11.3 Å². The number of para-hydroxylation sites is 1. The summed E-state index contributed by atoms with van der Waals surface area (Å²) in [4.78, 5) is 16.3. The fraction of sp³-hybridized carbons (Fsp3) is 0.333. The van der Waals surface area contributed by atoms with E-state index in [1.54, 1.807) is 5.38 Å². The molecular weight excluding hydrogens is 424 g/mol. The summed E-state index contributed by atoms with van der Waals surface area (Å²) >= 11 is 1.33. The van der Waals surface area contributed by atoms with Crippen molar-refractivity contribution < 1.29 is 14.6 Å². The highest BCUT2D eigenvalue weighted by Gasteiger charge is 2.29. The van der Waals surface area contributed by atoms with Crippen LogP contribution in [0.25, 0.3) is 0 Å². The molecule has 1 amide bonds. The van der Waals surface area contributed by atoms with Crippen LogP contribution in [0.3, 0.4) is 0 Å². The smallest absolute Gasteiger partial charge is 0.230 e. The molecule has 3 unspecified atom stereocenters. The maximum atomic E-state index is 12.2. The number of carbonyl (C=O) groups is 1. The molecule has 4 rings (SSSR count). The van der Waals surface area contributed by atoms with Crippen LogP contribution in [0, 0.1) is 0 Å². The summed E-state index contributed by atoms with van der Waals surface area (Å²) in [6.07, 6.45) is 2.45. The maximum absolute atomic E-state index is 12.2. The molecule has 0 radical (unpaired) electrons. The summed E-state index contributed by atoms with van der Waals surface area (Å²) in [6, 6.07) is 17.8. The second-order valence-electron chi connectivity index (χ2n) is 8.04. The van der Waals surface area contributed by atoms with E-state index >= 15 is 0 Å². The number of aromatic nitrogens is 1. The van der Waals surface area contributed by atoms with Gasteiger partial charge in [0.2, 0.25) is 5.91 Å². The van der Waals surface area contributed by atoms with Crippen molar-refractivity contribution >= 4 is 28.1 Å². The quantitative estimate of drug-likeness (QED) is 0.397. The summed E-state index contributed by atoms with van der Waals surface area (Å²) < 4.78 is 5.68. The number of benzene rings is 2. The number of ether oxygens (including phenoxy) is 1. The molecule has 0 bridgehead atoms. The van der Waals surface area contributed by atoms with E-state index in [1.807, 2.05) is 54.6 Å². The molecule has 2 heterocycles. The van der Waals surface area contributed by atoms with Crippen LogP contribution in [-0.2, 0) is 17.6 Å². The highest BCUT2D eigenvalue weighted by Crippen LogP contribution is 2.21. The standard InChI is InChI=1S/C24H28N4O3S/c25-24-28-19(15-32-24)13-23(30)27-17-8-6-16(7-9-17)12-18-10-11-21(26-18)22(29)14-31-20-4-2-1-3-5-20/h1-9,15,18,21-22,26,29H,10-14H2,(H2,25,28)(H,27,30). The van der Waals surface area contributed by atoms with E-state index in [0.717, 1.165) is 30.7 Å². The van der Waals surface area contributed by atoms with Crippen LogP contribution < -0.4 is 21.1 Å². The van der Waals surface area contributed by atoms with Crippen molar-refractivity contribution in [1.82, 2.24) is 10.3 Å². The van der Waals surface area contributed by atoms with E-state index < -0.39 is 6.10 Å². The summed E-state index contributed by atoms with van der Waals surface area (Å²) in [7, 11) is 0. The lowest BCUT2D eigenvalue weighted by Gasteiger charge is -2.20. The van der Waals surface area contributed by atoms with Gasteiger partial charge in [-0.1, -0.05) is 30.3 Å². The van der Waals surface area contributed by atoms with Gasteiger partial charge >= 0.3 is 0 Å². The van der Waals surface area contributed by atoms with E-state index in [-0.39, 0.29) is 25.0 Å². The minimum Gasteiger partial charge on any atom is -0.491 e. The van der Waals surface area contributed by atoms with Crippen molar-refractivity contribution in [1.29, 1.82) is 0 Å². The van der Waals surface area contributed by atoms with Crippen molar-refractivity contribution in [2.45, 2.75) is 43.9 Å². The van der Waals surface area contributed by atoms with Gasteiger partial charge in [0, 0.05) is 23.2 Å². The van der Waals surface area contributed by atoms with Crippen molar-refractivity contribution in [2.24, 2.45) is 0 Å². The van der Waals surface area contributed by atoms with Crippen LogP contribution in [0.5, 0.6) is 5.75 Å². The Bertz CT molecular complexity index is 1010. The number of nitrogens with zero attached hydrogens (tertiary/aromatic N) is 1. The summed E-state index contributed by atoms with van der Waals surface area (Å²) in [5.41, 5.74) is 8.23. The first-order valence-corrected chi connectivity index (χ1v) is 11.6. The van der Waals surface area contributed by atoms with Crippen LogP contribution in [0.2, 0.25) is 0 Å². The molecule has 7 nitrogen and oxygen atoms in total. The maximum Gasteiger partial charge on any atom is 0.230 e. The molecule has 1 fully saturated rings. The number of amides is 1. The lowest BCUT2D eigenvalue weighted by Crippen LogP contribution is -2.42. The van der Waals surface area contributed by atoms with E-state index in [4.69, 9.17) is 10.5 Å². The molecule has 0 aliphatic carbocycles. The lowest BCUT2D eigenvalue weighted by molar-refractivity contribution is -0.115. The Kier molecular flexibility index (Phi) is 7.36. The first-order valence-electron chi connectivity index (χ1n) is 10.8. The average molecular weight is 453 g/mol. The zero-order chi connectivity index (χ0) is 22.3. The molecule has 0 spiro atoms. The topological polar surface area (TPSA) is 110 Å². The monoisotopic (exact) mass is 452 g/mol. The first kappa shape index (κ1) is 22.3. The molecular formula is C24H28N4O3S. The molecule has 32 heavy (non-hydrogen) atoms. The SMILES string of the molecule is Nc1nc(CC(=O)Nc2ccc(CC3CCC(C(O)COc4ccccc4)N3)cc2)cs1. The Morgan fingerprint density at radius 2 is 2.00 bits per heavy atom. The van der Waals surface area contributed by atoms with Gasteiger partial charge in [-0.15, -0.1) is 11.3 Å². The van der Waals surface area contributed by atoms with Crippen LogP contribution in [0.15, 0.2) is 60.0 Å². The molecule has 1 aliphatic rings. The van der Waals surface area contributed by atoms with E-state index in [0.29, 0.717) is 16.9 Å². The van der Waals surface area contributed by atoms with Crippen molar-refractivity contribution in [2.75, 3.05) is 17.7 Å². The number of aliphatic hydroxyl groups is 1. The van der Waals surface area contributed by atoms with E-state index in [9.17, 15) is 9.90 Å². The normalized spacial score (nSPS) is 18.9. The Balaban J connectivity index is 1.21. The van der Waals surface area contributed by atoms with Gasteiger partial charge in [0.25, 0.3) is 0 Å². The predicted octanol–water partition coefficient (Wildman–Crippen LogP) is 3.01. The van der Waals surface area contributed by atoms with Crippen LogP contribution in [-0.4, -0.2) is 40.8 Å². The molecule has 168 valence electrons. The lowest BCUT2D eigenvalue weighted by atomic mass is 10.0. The molecule has 2 aromatic carbocycles. The molecule has 3 aromatic rings. The molecule has 8 heteroatoms. The Morgan fingerprint density at radius 1 is 1.22 bits per heavy atom. The molecule has 5 N–H and O–H groups in total. The number of thiazole rings is 1. The third-order valence-corrected chi connectivity index (χ3v) is 6.26. The van der Waals surface area contributed by atoms with Gasteiger partial charge in [-0.25, -0.2) is 4.98 Å². The molecule has 1 saturated heterocycles. The van der Waals surface area contributed by atoms with Gasteiger partial charge in [-0.2, -0.15) is 0 Å². The largest absolute Gasteiger partial charge is 0.491 e. The van der Waals surface area contributed by atoms with E-state index in [2.05, 4.69) is 15.6 Å². The number of nitrogens with two attached hydrogens (primary N) is 1. The van der Waals surface area contributed by atoms with Gasteiger partial charge in [-0.3, -0.25) is 4.79 Å². The molecule has 3 atom stereocenters. The summed E-state index contributed by atoms with van der Waals surface area (Å²) in [6.45, 7) is 0.274. The number of nitrogens with one attached hydrogen (secondary N) is 2. The van der Waals surface area contributed by atoms with Crippen molar-refractivity contribution in [3.63, 3.8) is 0 Å². The second-order valence-corrected chi connectivity index (χ2v) is 8.93. The number of anilines is 2. The number of aliphatic hydroxyl groups excluding tert-OH is 1. The number of carbonyl (C=O) groups excluding carboxylic acids is 1. The first-order chi connectivity index (χ1) is 15.5. The fourth-order valence-corrected chi connectivity index (χ4v) is 4.47. The highest BCUT2D eigenvalue weighted by molar-refractivity contribution is 7.13. The zero-order valence-corrected chi connectivity index (χ0v) is 18.6. The van der Waals surface area contributed by atoms with Gasteiger partial charge in [0.1, 0.15) is 18.5 Å². The van der Waals surface area contributed by atoms with Gasteiger partial charge in [0.15, 0.2) is 5.13 Å². The Hall–Kier alpha value is -2.94. The van der Waals surface area contributed by atoms with Crippen molar-refractivity contribution in [3.8, 4) is 5.75 Å². The molecule has 1 aliphatic heterocycles. The molecule has 1 aromatic heterocycles. The number of rotatable bonds is 9. The summed E-state index contributed by atoms with van der Waals surface area (Å²) in [5.74, 6) is 0.652. The van der Waals surface area contributed by atoms with Gasteiger partial charge < -0.3 is 26.2 Å². The third-order valence-electron chi connectivity index (χ3n) is 5.54. The number of nitrogen functional groups attached to an aromatic ring is 1. The fourth-order valence-electron chi connectivity index (χ4n) is 3.91. The van der Waals surface area contributed by atoms with Gasteiger partial charge in [-0.05, 0) is 49.1 Å². The third kappa shape index (κ3) is 6.29. The van der Waals surface area contributed by atoms with Gasteiger partial charge in [0.05, 0.1) is 12.1 Å². The Morgan fingerprint density at radius 3 is 2.72 bits per heavy atom. The minimum atomic E-state index is -0.550. The minimum absolute atomic E-state index is 0.0297. The van der Waals surface area contributed by atoms with Crippen molar-refractivity contribution in [3.05, 3.63) is 71.2 Å². The average Bonchev–Trinajstić information content (AvgIpc) is 3.43. The number of hydrogen-bond donors (Lipinski definition) is 4. The summed E-state index contributed by atoms with van der Waals surface area (Å²) in [5, 5.41) is 19.2. The van der Waals surface area contributed by atoms with E-state index in [1.165, 1.54) is 16.9 Å². The number of hydrogen-bond acceptors (Lipinski definition) is 7. The zero-order valence-electron chi connectivity index (χ0n) is 17.7. The van der Waals surface area contributed by atoms with Crippen LogP contribution in [0.4, 0.5) is 10.8 Å². The molecule has 0 saturated carbocycles. The highest BCUT2D eigenvalue weighted by atomic mass is 32.1. The van der Waals surface area contributed by atoms with Crippen LogP contribution in [0.1, 0.15) is 24.1 Å². The predicted molar refractivity (Wildman–Crippen MR) is 127 cm³/mol. The Labute approximate surface area is 191 Å².